The quantitative estimate of drug-likeness (QED) is 0.548. The lowest BCUT2D eigenvalue weighted by Gasteiger charge is -2.04. The van der Waals surface area contributed by atoms with Gasteiger partial charge in [0, 0.05) is 19.8 Å². The number of sulfonamides is 1. The number of carbonyl (C=O) groups is 1. The second kappa shape index (κ2) is 7.98. The molecule has 1 N–H and O–H groups in total. The van der Waals surface area contributed by atoms with Gasteiger partial charge in [-0.2, -0.15) is 4.98 Å². The fourth-order valence-electron chi connectivity index (χ4n) is 2.05. The van der Waals surface area contributed by atoms with Gasteiger partial charge in [0.05, 0.1) is 11.3 Å². The van der Waals surface area contributed by atoms with Gasteiger partial charge < -0.3 is 13.8 Å². The van der Waals surface area contributed by atoms with Crippen molar-refractivity contribution in [2.24, 2.45) is 7.05 Å². The van der Waals surface area contributed by atoms with Gasteiger partial charge in [-0.1, -0.05) is 11.2 Å². The number of nitrogens with zero attached hydrogens (tertiary/aromatic N) is 4. The molecule has 0 saturated carbocycles. The van der Waals surface area contributed by atoms with Gasteiger partial charge in [-0.15, -0.1) is 11.3 Å². The Bertz CT molecular complexity index is 1000. The van der Waals surface area contributed by atoms with Crippen molar-refractivity contribution < 1.29 is 22.5 Å². The van der Waals surface area contributed by atoms with Gasteiger partial charge in [-0.3, -0.25) is 4.79 Å². The Hall–Kier alpha value is -2.57. The summed E-state index contributed by atoms with van der Waals surface area (Å²) in [5.74, 6) is 0.563. The number of aryl methyl sites for hydroxylation is 2. The molecule has 0 radical (unpaired) electrons. The van der Waals surface area contributed by atoms with Crippen LogP contribution in [0.5, 0.6) is 0 Å². The predicted octanol–water partition coefficient (Wildman–Crippen LogP) is 1.25. The fourth-order valence-corrected chi connectivity index (χ4v) is 3.77. The summed E-state index contributed by atoms with van der Waals surface area (Å²) >= 11 is 1.46. The molecular weight excluding hydrogens is 394 g/mol. The smallest absolute Gasteiger partial charge is 0.307 e. The molecule has 0 amide bonds. The van der Waals surface area contributed by atoms with E-state index >= 15 is 0 Å². The van der Waals surface area contributed by atoms with Gasteiger partial charge in [-0.05, 0) is 18.4 Å². The molecule has 12 heteroatoms. The summed E-state index contributed by atoms with van der Waals surface area (Å²) in [5, 5.41) is 5.60. The molecule has 27 heavy (non-hydrogen) atoms. The lowest BCUT2D eigenvalue weighted by molar-refractivity contribution is -0.145. The van der Waals surface area contributed by atoms with E-state index in [1.165, 1.54) is 17.5 Å². The van der Waals surface area contributed by atoms with Crippen molar-refractivity contribution in [3.05, 3.63) is 35.4 Å². The van der Waals surface area contributed by atoms with E-state index in [4.69, 9.17) is 9.26 Å². The number of carbonyl (C=O) groups excluding carboxylic acids is 1. The Morgan fingerprint density at radius 3 is 2.89 bits per heavy atom. The second-order valence-electron chi connectivity index (χ2n) is 5.53. The number of rotatable bonds is 8. The van der Waals surface area contributed by atoms with Crippen molar-refractivity contribution in [2.45, 2.75) is 25.0 Å². The summed E-state index contributed by atoms with van der Waals surface area (Å²) in [5.41, 5.74) is 0. The Labute approximate surface area is 159 Å². The molecule has 3 rings (SSSR count). The number of esters is 1. The Morgan fingerprint density at radius 1 is 1.41 bits per heavy atom. The number of thiophene rings is 1. The molecule has 0 aliphatic heterocycles. The highest BCUT2D eigenvalue weighted by atomic mass is 32.2. The highest BCUT2D eigenvalue weighted by Crippen LogP contribution is 2.21. The van der Waals surface area contributed by atoms with Crippen molar-refractivity contribution >= 4 is 27.3 Å². The standard InChI is InChI=1S/C15H17N5O5S2/c1-10-17-13(8-20(10)2)27(22,23)16-6-5-14(21)24-9-12-18-15(19-25-12)11-4-3-7-26-11/h3-4,7-8,16H,5-6,9H2,1-2H3. The highest BCUT2D eigenvalue weighted by Gasteiger charge is 2.19. The molecule has 10 nitrogen and oxygen atoms in total. The summed E-state index contributed by atoms with van der Waals surface area (Å²) in [6.45, 7) is 1.40. The van der Waals surface area contributed by atoms with Crippen LogP contribution in [0.15, 0.2) is 33.3 Å². The summed E-state index contributed by atoms with van der Waals surface area (Å²) in [6, 6.07) is 3.71. The number of aromatic nitrogens is 4. The molecule has 3 heterocycles. The molecule has 0 aromatic carbocycles. The van der Waals surface area contributed by atoms with Crippen LogP contribution in [0.3, 0.4) is 0 Å². The average molecular weight is 411 g/mol. The van der Waals surface area contributed by atoms with Gasteiger partial charge >= 0.3 is 5.97 Å². The van der Waals surface area contributed by atoms with Gasteiger partial charge in [0.1, 0.15) is 5.82 Å². The van der Waals surface area contributed by atoms with E-state index in [1.807, 2.05) is 17.5 Å². The van der Waals surface area contributed by atoms with Gasteiger partial charge in [0.25, 0.3) is 15.9 Å². The van der Waals surface area contributed by atoms with Crippen molar-refractivity contribution in [2.75, 3.05) is 6.54 Å². The van der Waals surface area contributed by atoms with E-state index in [2.05, 4.69) is 19.8 Å². The van der Waals surface area contributed by atoms with Crippen molar-refractivity contribution in [3.63, 3.8) is 0 Å². The van der Waals surface area contributed by atoms with Crippen molar-refractivity contribution in [1.29, 1.82) is 0 Å². The molecule has 0 fully saturated rings. The third kappa shape index (κ3) is 4.78. The van der Waals surface area contributed by atoms with Crippen molar-refractivity contribution in [3.8, 4) is 10.7 Å². The normalized spacial score (nSPS) is 11.6. The van der Waals surface area contributed by atoms with Crippen LogP contribution in [-0.4, -0.2) is 40.6 Å². The molecule has 0 spiro atoms. The first-order valence-electron chi connectivity index (χ1n) is 7.87. The van der Waals surface area contributed by atoms with E-state index in [1.54, 1.807) is 18.5 Å². The van der Waals surface area contributed by atoms with E-state index in [-0.39, 0.29) is 30.5 Å². The first-order valence-corrected chi connectivity index (χ1v) is 10.2. The molecule has 0 aliphatic carbocycles. The topological polar surface area (TPSA) is 129 Å². The molecule has 0 atom stereocenters. The molecule has 0 aliphatic rings. The average Bonchev–Trinajstić information content (AvgIpc) is 3.34. The van der Waals surface area contributed by atoms with Crippen LogP contribution in [-0.2, 0) is 33.2 Å². The monoisotopic (exact) mass is 411 g/mol. The lowest BCUT2D eigenvalue weighted by atomic mass is 10.4. The first-order chi connectivity index (χ1) is 12.8. The molecule has 3 aromatic heterocycles. The highest BCUT2D eigenvalue weighted by molar-refractivity contribution is 7.89. The van der Waals surface area contributed by atoms with Crippen LogP contribution >= 0.6 is 11.3 Å². The largest absolute Gasteiger partial charge is 0.456 e. The van der Waals surface area contributed by atoms with Crippen LogP contribution in [0, 0.1) is 6.92 Å². The SMILES string of the molecule is Cc1nc(S(=O)(=O)NCCC(=O)OCc2nc(-c3cccs3)no2)cn1C. The molecule has 0 saturated heterocycles. The maximum atomic E-state index is 12.1. The van der Waals surface area contributed by atoms with Gasteiger partial charge in [-0.25, -0.2) is 18.1 Å². The Kier molecular flexibility index (Phi) is 5.68. The van der Waals surface area contributed by atoms with Crippen LogP contribution < -0.4 is 4.72 Å². The van der Waals surface area contributed by atoms with Crippen molar-refractivity contribution in [1.82, 2.24) is 24.4 Å². The second-order valence-corrected chi connectivity index (χ2v) is 8.20. The molecule has 0 unspecified atom stereocenters. The molecule has 144 valence electrons. The minimum absolute atomic E-state index is 0.0946. The van der Waals surface area contributed by atoms with E-state index in [9.17, 15) is 13.2 Å². The lowest BCUT2D eigenvalue weighted by Crippen LogP contribution is -2.27. The zero-order chi connectivity index (χ0) is 19.4. The van der Waals surface area contributed by atoms with Crippen LogP contribution in [0.2, 0.25) is 0 Å². The summed E-state index contributed by atoms with van der Waals surface area (Å²) in [6.07, 6.45) is 1.26. The zero-order valence-corrected chi connectivity index (χ0v) is 16.2. The zero-order valence-electron chi connectivity index (χ0n) is 14.6. The summed E-state index contributed by atoms with van der Waals surface area (Å²) in [7, 11) is -2.08. The fraction of sp³-hybridized carbons (Fsp3) is 0.333. The Morgan fingerprint density at radius 2 is 2.22 bits per heavy atom. The first kappa shape index (κ1) is 19.2. The van der Waals surface area contributed by atoms with Gasteiger partial charge in [0.15, 0.2) is 11.6 Å². The maximum absolute atomic E-state index is 12.1. The minimum Gasteiger partial charge on any atom is -0.456 e. The molecule has 0 bridgehead atoms. The number of hydrogen-bond acceptors (Lipinski definition) is 9. The molecule has 3 aromatic rings. The summed E-state index contributed by atoms with van der Waals surface area (Å²) in [4.78, 5) is 20.7. The third-order valence-electron chi connectivity index (χ3n) is 3.55. The minimum atomic E-state index is -3.78. The van der Waals surface area contributed by atoms with Crippen LogP contribution in [0.25, 0.3) is 10.7 Å². The van der Waals surface area contributed by atoms with Crippen LogP contribution in [0.1, 0.15) is 18.1 Å². The number of imidazole rings is 1. The third-order valence-corrected chi connectivity index (χ3v) is 5.75. The van der Waals surface area contributed by atoms with E-state index in [0.717, 1.165) is 4.88 Å². The maximum Gasteiger partial charge on any atom is 0.307 e. The Balaban J connectivity index is 1.45. The van der Waals surface area contributed by atoms with E-state index < -0.39 is 16.0 Å². The number of ether oxygens (including phenoxy) is 1. The summed E-state index contributed by atoms with van der Waals surface area (Å²) < 4.78 is 38.1. The number of nitrogens with one attached hydrogen (secondary N) is 1. The molecular formula is C15H17N5O5S2. The van der Waals surface area contributed by atoms with E-state index in [0.29, 0.717) is 11.6 Å². The predicted molar refractivity (Wildman–Crippen MR) is 95.2 cm³/mol. The van der Waals surface area contributed by atoms with Gasteiger partial charge in [0.2, 0.25) is 5.82 Å². The number of hydrogen-bond donors (Lipinski definition) is 1. The van der Waals surface area contributed by atoms with Crippen LogP contribution in [0.4, 0.5) is 0 Å².